The lowest BCUT2D eigenvalue weighted by Crippen LogP contribution is -2.29. The molecule has 18 heavy (non-hydrogen) atoms. The van der Waals surface area contributed by atoms with Crippen LogP contribution in [0.15, 0.2) is 23.0 Å². The molecule has 0 amide bonds. The normalized spacial score (nSPS) is 27.4. The van der Waals surface area contributed by atoms with Crippen LogP contribution in [0.25, 0.3) is 0 Å². The number of rotatable bonds is 2. The monoisotopic (exact) mass is 250 g/mol. The molecule has 0 saturated heterocycles. The molecule has 1 atom stereocenters. The average molecular weight is 250 g/mol. The Hall–Kier alpha value is -1.25. The minimum absolute atomic E-state index is 0.188. The molecule has 2 rings (SSSR count). The number of hydrogen-bond acceptors (Lipinski definition) is 3. The lowest BCUT2D eigenvalue weighted by atomic mass is 9.71. The van der Waals surface area contributed by atoms with Crippen LogP contribution in [0.1, 0.15) is 53.4 Å². The summed E-state index contributed by atoms with van der Waals surface area (Å²) >= 11 is 0. The molecule has 1 unspecified atom stereocenters. The Balaban J connectivity index is 2.14. The lowest BCUT2D eigenvalue weighted by Gasteiger charge is -2.36. The van der Waals surface area contributed by atoms with Gasteiger partial charge >= 0.3 is 5.97 Å². The van der Waals surface area contributed by atoms with Gasteiger partial charge in [-0.05, 0) is 38.5 Å². The summed E-state index contributed by atoms with van der Waals surface area (Å²) in [5, 5.41) is 0. The van der Waals surface area contributed by atoms with Crippen molar-refractivity contribution in [2.24, 2.45) is 5.41 Å². The van der Waals surface area contributed by atoms with E-state index in [4.69, 9.17) is 9.47 Å². The highest BCUT2D eigenvalue weighted by Gasteiger charge is 2.32. The highest BCUT2D eigenvalue weighted by Crippen LogP contribution is 2.42. The number of carbonyl (C=O) groups is 1. The molecule has 100 valence electrons. The van der Waals surface area contributed by atoms with Crippen molar-refractivity contribution in [1.29, 1.82) is 0 Å². The molecular formula is C15H22O3. The van der Waals surface area contributed by atoms with E-state index < -0.39 is 6.29 Å². The third-order valence-electron chi connectivity index (χ3n) is 3.94. The molecule has 1 aliphatic heterocycles. The van der Waals surface area contributed by atoms with Crippen molar-refractivity contribution in [2.45, 2.75) is 59.7 Å². The summed E-state index contributed by atoms with van der Waals surface area (Å²) in [6.07, 6.45) is 5.21. The van der Waals surface area contributed by atoms with Gasteiger partial charge in [-0.25, -0.2) is 4.79 Å². The maximum absolute atomic E-state index is 11.4. The fourth-order valence-electron chi connectivity index (χ4n) is 2.97. The molecule has 2 aliphatic rings. The van der Waals surface area contributed by atoms with Crippen molar-refractivity contribution in [3.8, 4) is 0 Å². The minimum atomic E-state index is -0.454. The van der Waals surface area contributed by atoms with Crippen LogP contribution in [-0.2, 0) is 14.3 Å². The SMILES string of the molecule is CC1=CC(=O)OC(CC2=C(C)CCCC2(C)C)O1. The Labute approximate surface area is 109 Å². The Morgan fingerprint density at radius 2 is 2.06 bits per heavy atom. The zero-order chi connectivity index (χ0) is 13.3. The number of carbonyl (C=O) groups excluding carboxylic acids is 1. The highest BCUT2D eigenvalue weighted by atomic mass is 16.7. The fourth-order valence-corrected chi connectivity index (χ4v) is 2.97. The van der Waals surface area contributed by atoms with Gasteiger partial charge in [0.25, 0.3) is 0 Å². The summed E-state index contributed by atoms with van der Waals surface area (Å²) in [6, 6.07) is 0. The molecule has 0 fully saturated rings. The molecule has 3 heteroatoms. The molecule has 3 nitrogen and oxygen atoms in total. The third-order valence-corrected chi connectivity index (χ3v) is 3.94. The van der Waals surface area contributed by atoms with Crippen LogP contribution >= 0.6 is 0 Å². The predicted molar refractivity (Wildman–Crippen MR) is 69.7 cm³/mol. The molecule has 0 saturated carbocycles. The Morgan fingerprint density at radius 1 is 1.33 bits per heavy atom. The second-order valence-corrected chi connectivity index (χ2v) is 5.94. The molecule has 0 spiro atoms. The van der Waals surface area contributed by atoms with E-state index in [1.165, 1.54) is 30.1 Å². The molecule has 0 aromatic heterocycles. The van der Waals surface area contributed by atoms with Gasteiger partial charge in [-0.15, -0.1) is 0 Å². The van der Waals surface area contributed by atoms with E-state index in [0.29, 0.717) is 12.2 Å². The zero-order valence-electron chi connectivity index (χ0n) is 11.7. The second-order valence-electron chi connectivity index (χ2n) is 5.94. The van der Waals surface area contributed by atoms with E-state index in [-0.39, 0.29) is 11.4 Å². The summed E-state index contributed by atoms with van der Waals surface area (Å²) in [4.78, 5) is 11.4. The van der Waals surface area contributed by atoms with Crippen LogP contribution in [0.4, 0.5) is 0 Å². The van der Waals surface area contributed by atoms with Gasteiger partial charge in [-0.3, -0.25) is 0 Å². The third kappa shape index (κ3) is 2.77. The topological polar surface area (TPSA) is 35.5 Å². The van der Waals surface area contributed by atoms with Crippen molar-refractivity contribution in [1.82, 2.24) is 0 Å². The molecule has 0 aromatic carbocycles. The van der Waals surface area contributed by atoms with Crippen molar-refractivity contribution in [3.05, 3.63) is 23.0 Å². The molecule has 0 bridgehead atoms. The standard InChI is InChI=1S/C15H22O3/c1-10-6-5-7-15(3,4)12(10)9-14-17-11(2)8-13(16)18-14/h8,14H,5-7,9H2,1-4H3. The first-order valence-electron chi connectivity index (χ1n) is 6.63. The van der Waals surface area contributed by atoms with Gasteiger partial charge in [0, 0.05) is 6.42 Å². The van der Waals surface area contributed by atoms with Crippen molar-refractivity contribution < 1.29 is 14.3 Å². The Morgan fingerprint density at radius 3 is 2.67 bits per heavy atom. The zero-order valence-corrected chi connectivity index (χ0v) is 11.7. The number of ether oxygens (including phenoxy) is 2. The molecule has 0 radical (unpaired) electrons. The van der Waals surface area contributed by atoms with E-state index in [9.17, 15) is 4.79 Å². The second kappa shape index (κ2) is 4.79. The number of allylic oxidation sites excluding steroid dienone is 2. The van der Waals surface area contributed by atoms with Crippen LogP contribution < -0.4 is 0 Å². The van der Waals surface area contributed by atoms with Gasteiger partial charge in [0.2, 0.25) is 6.29 Å². The largest absolute Gasteiger partial charge is 0.459 e. The summed E-state index contributed by atoms with van der Waals surface area (Å²) in [7, 11) is 0. The van der Waals surface area contributed by atoms with Crippen LogP contribution in [0.2, 0.25) is 0 Å². The quantitative estimate of drug-likeness (QED) is 0.553. The molecular weight excluding hydrogens is 228 g/mol. The number of cyclic esters (lactones) is 1. The predicted octanol–water partition coefficient (Wildman–Crippen LogP) is 3.71. The highest BCUT2D eigenvalue weighted by molar-refractivity contribution is 5.83. The van der Waals surface area contributed by atoms with Crippen molar-refractivity contribution in [3.63, 3.8) is 0 Å². The Bertz CT molecular complexity index is 415. The summed E-state index contributed by atoms with van der Waals surface area (Å²) in [5.41, 5.74) is 3.01. The van der Waals surface area contributed by atoms with E-state index in [2.05, 4.69) is 20.8 Å². The van der Waals surface area contributed by atoms with Crippen molar-refractivity contribution >= 4 is 5.97 Å². The maximum atomic E-state index is 11.4. The molecule has 1 aliphatic carbocycles. The lowest BCUT2D eigenvalue weighted by molar-refractivity contribution is -0.171. The van der Waals surface area contributed by atoms with Gasteiger partial charge < -0.3 is 9.47 Å². The van der Waals surface area contributed by atoms with Gasteiger partial charge in [0.15, 0.2) is 0 Å². The van der Waals surface area contributed by atoms with Gasteiger partial charge in [0.1, 0.15) is 5.76 Å². The molecule has 0 N–H and O–H groups in total. The Kier molecular flexibility index (Phi) is 3.51. The van der Waals surface area contributed by atoms with Crippen molar-refractivity contribution in [2.75, 3.05) is 0 Å². The van der Waals surface area contributed by atoms with Gasteiger partial charge in [0.05, 0.1) is 6.08 Å². The summed E-state index contributed by atoms with van der Waals surface area (Å²) in [5.74, 6) is 0.346. The van der Waals surface area contributed by atoms with Crippen LogP contribution in [0, 0.1) is 5.41 Å². The van der Waals surface area contributed by atoms with Crippen LogP contribution in [-0.4, -0.2) is 12.3 Å². The molecule has 0 aromatic rings. The number of esters is 1. The smallest absolute Gasteiger partial charge is 0.337 e. The van der Waals surface area contributed by atoms with Gasteiger partial charge in [-0.1, -0.05) is 25.0 Å². The van der Waals surface area contributed by atoms with Crippen LogP contribution in [0.3, 0.4) is 0 Å². The molecule has 1 heterocycles. The van der Waals surface area contributed by atoms with E-state index >= 15 is 0 Å². The first-order chi connectivity index (χ1) is 8.38. The first-order valence-corrected chi connectivity index (χ1v) is 6.63. The fraction of sp³-hybridized carbons (Fsp3) is 0.667. The van der Waals surface area contributed by atoms with E-state index in [1.807, 2.05) is 0 Å². The van der Waals surface area contributed by atoms with E-state index in [0.717, 1.165) is 6.42 Å². The average Bonchev–Trinajstić information content (AvgIpc) is 2.22. The van der Waals surface area contributed by atoms with Crippen LogP contribution in [0.5, 0.6) is 0 Å². The maximum Gasteiger partial charge on any atom is 0.337 e. The number of hydrogen-bond donors (Lipinski definition) is 0. The first kappa shape index (κ1) is 13.2. The van der Waals surface area contributed by atoms with Gasteiger partial charge in [-0.2, -0.15) is 0 Å². The van der Waals surface area contributed by atoms with E-state index in [1.54, 1.807) is 6.92 Å². The minimum Gasteiger partial charge on any atom is -0.459 e. The summed E-state index contributed by atoms with van der Waals surface area (Å²) < 4.78 is 10.8. The summed E-state index contributed by atoms with van der Waals surface area (Å²) in [6.45, 7) is 8.50.